The van der Waals surface area contributed by atoms with E-state index in [1.54, 1.807) is 18.4 Å². The molecule has 0 unspecified atom stereocenters. The maximum absolute atomic E-state index is 12.8. The average Bonchev–Trinajstić information content (AvgIpc) is 2.87. The summed E-state index contributed by atoms with van der Waals surface area (Å²) in [5, 5.41) is 0.769. The molecule has 0 spiro atoms. The number of nitrogens with zero attached hydrogens (tertiary/aromatic N) is 1. The fraction of sp³-hybridized carbons (Fsp3) is 0.308. The van der Waals surface area contributed by atoms with Gasteiger partial charge in [-0.1, -0.05) is 19.9 Å². The molecule has 0 aliphatic carbocycles. The van der Waals surface area contributed by atoms with Crippen LogP contribution in [0, 0.1) is 0 Å². The van der Waals surface area contributed by atoms with Crippen molar-refractivity contribution in [1.82, 2.24) is 4.98 Å². The van der Waals surface area contributed by atoms with Crippen molar-refractivity contribution in [3.8, 4) is 11.5 Å². The Morgan fingerprint density at radius 3 is 2.61 bits per heavy atom. The number of hydrogen-bond donors (Lipinski definition) is 1. The second kappa shape index (κ2) is 4.99. The van der Waals surface area contributed by atoms with Gasteiger partial charge in [0.15, 0.2) is 5.76 Å². The van der Waals surface area contributed by atoms with Gasteiger partial charge in [-0.25, -0.2) is 4.98 Å². The summed E-state index contributed by atoms with van der Waals surface area (Å²) >= 11 is 0. The topological polar surface area (TPSA) is 69.1 Å². The fourth-order valence-corrected chi connectivity index (χ4v) is 3.96. The summed E-state index contributed by atoms with van der Waals surface area (Å²) in [5.74, 6) is 1.01. The fourth-order valence-electron chi connectivity index (χ4n) is 1.96. The van der Waals surface area contributed by atoms with Crippen LogP contribution in [0.2, 0.25) is 0 Å². The molecule has 0 radical (unpaired) electrons. The first kappa shape index (κ1) is 12.9. The summed E-state index contributed by atoms with van der Waals surface area (Å²) in [5.41, 5.74) is 6.30. The van der Waals surface area contributed by atoms with Gasteiger partial charge in [0.2, 0.25) is 0 Å². The molecule has 2 aromatic heterocycles. The molecule has 0 atom stereocenters. The number of nitrogen functional groups attached to an aromatic ring is 1. The van der Waals surface area contributed by atoms with Gasteiger partial charge in [-0.3, -0.25) is 0 Å². The highest BCUT2D eigenvalue weighted by Crippen LogP contribution is 2.46. The minimum Gasteiger partial charge on any atom is -0.462 e. The van der Waals surface area contributed by atoms with Crippen molar-refractivity contribution in [2.24, 2.45) is 0 Å². The highest BCUT2D eigenvalue weighted by atomic mass is 31.2. The molecule has 0 bridgehead atoms. The molecular weight excluding hydrogens is 247 g/mol. The Morgan fingerprint density at radius 2 is 2.00 bits per heavy atom. The van der Waals surface area contributed by atoms with Crippen LogP contribution in [-0.2, 0) is 4.57 Å². The summed E-state index contributed by atoms with van der Waals surface area (Å²) in [6.45, 7) is 3.88. The summed E-state index contributed by atoms with van der Waals surface area (Å²) in [6, 6.07) is 7.13. The van der Waals surface area contributed by atoms with E-state index in [9.17, 15) is 4.57 Å². The largest absolute Gasteiger partial charge is 0.462 e. The van der Waals surface area contributed by atoms with Crippen LogP contribution in [0.4, 0.5) is 5.82 Å². The Labute approximate surface area is 107 Å². The van der Waals surface area contributed by atoms with E-state index in [1.807, 2.05) is 26.0 Å². The van der Waals surface area contributed by atoms with Gasteiger partial charge in [-0.2, -0.15) is 0 Å². The lowest BCUT2D eigenvalue weighted by Crippen LogP contribution is -2.09. The Kier molecular flexibility index (Phi) is 3.58. The molecule has 0 saturated heterocycles. The van der Waals surface area contributed by atoms with E-state index in [4.69, 9.17) is 10.2 Å². The molecule has 18 heavy (non-hydrogen) atoms. The minimum absolute atomic E-state index is 0.428. The van der Waals surface area contributed by atoms with Crippen LogP contribution in [-0.4, -0.2) is 17.3 Å². The Balaban J connectivity index is 2.55. The van der Waals surface area contributed by atoms with Gasteiger partial charge < -0.3 is 14.7 Å². The maximum atomic E-state index is 12.8. The van der Waals surface area contributed by atoms with Crippen LogP contribution < -0.4 is 11.0 Å². The molecule has 5 heteroatoms. The Morgan fingerprint density at radius 1 is 1.28 bits per heavy atom. The van der Waals surface area contributed by atoms with E-state index in [0.29, 0.717) is 29.6 Å². The van der Waals surface area contributed by atoms with Crippen LogP contribution in [0.1, 0.15) is 13.8 Å². The van der Waals surface area contributed by atoms with Gasteiger partial charge in [0.1, 0.15) is 18.7 Å². The molecule has 0 aliphatic heterocycles. The molecule has 0 saturated carbocycles. The van der Waals surface area contributed by atoms with Crippen molar-refractivity contribution in [2.45, 2.75) is 13.8 Å². The molecule has 0 aromatic carbocycles. The molecule has 2 N–H and O–H groups in total. The summed E-state index contributed by atoms with van der Waals surface area (Å²) in [4.78, 5) is 4.22. The number of hydrogen-bond acceptors (Lipinski definition) is 4. The van der Waals surface area contributed by atoms with Gasteiger partial charge in [-0.15, -0.1) is 0 Å². The monoisotopic (exact) mass is 264 g/mol. The molecule has 0 fully saturated rings. The van der Waals surface area contributed by atoms with Gasteiger partial charge >= 0.3 is 0 Å². The summed E-state index contributed by atoms with van der Waals surface area (Å²) < 4.78 is 18.2. The van der Waals surface area contributed by atoms with Crippen molar-refractivity contribution in [1.29, 1.82) is 0 Å². The second-order valence-corrected chi connectivity index (χ2v) is 7.63. The number of nitrogens with two attached hydrogens (primary N) is 1. The van der Waals surface area contributed by atoms with Gasteiger partial charge in [0.05, 0.1) is 11.6 Å². The zero-order chi connectivity index (χ0) is 13.2. The van der Waals surface area contributed by atoms with Crippen LogP contribution in [0.3, 0.4) is 0 Å². The standard InChI is InChI=1S/C13H17N2O2P/c1-3-18(16,4-2)11-8-9-17-13(11)10-6-5-7-12(14)15-10/h5-9H,3-4H2,1-2H3,(H2,14,15). The first-order chi connectivity index (χ1) is 8.60. The van der Waals surface area contributed by atoms with E-state index < -0.39 is 7.14 Å². The SMILES string of the molecule is CCP(=O)(CC)c1ccoc1-c1cccc(N)n1. The number of aromatic nitrogens is 1. The average molecular weight is 264 g/mol. The smallest absolute Gasteiger partial charge is 0.163 e. The summed E-state index contributed by atoms with van der Waals surface area (Å²) in [7, 11) is -2.38. The molecule has 0 amide bonds. The summed E-state index contributed by atoms with van der Waals surface area (Å²) in [6.07, 6.45) is 2.81. The van der Waals surface area contributed by atoms with Crippen molar-refractivity contribution in [3.63, 3.8) is 0 Å². The first-order valence-electron chi connectivity index (χ1n) is 5.99. The molecule has 96 valence electrons. The van der Waals surface area contributed by atoms with E-state index >= 15 is 0 Å². The number of rotatable bonds is 4. The third-order valence-corrected chi connectivity index (χ3v) is 6.38. The quantitative estimate of drug-likeness (QED) is 0.862. The van der Waals surface area contributed by atoms with Crippen LogP contribution >= 0.6 is 7.14 Å². The van der Waals surface area contributed by atoms with Crippen LogP contribution in [0.25, 0.3) is 11.5 Å². The predicted octanol–water partition coefficient (Wildman–Crippen LogP) is 2.95. The van der Waals surface area contributed by atoms with Gasteiger partial charge in [-0.05, 0) is 18.2 Å². The normalized spacial score (nSPS) is 11.7. The molecular formula is C13H17N2O2P. The predicted molar refractivity (Wildman–Crippen MR) is 74.7 cm³/mol. The van der Waals surface area contributed by atoms with Crippen LogP contribution in [0.5, 0.6) is 0 Å². The van der Waals surface area contributed by atoms with E-state index in [2.05, 4.69) is 4.98 Å². The molecule has 2 aromatic rings. The van der Waals surface area contributed by atoms with Crippen molar-refractivity contribution >= 4 is 18.3 Å². The molecule has 0 aliphatic rings. The molecule has 4 nitrogen and oxygen atoms in total. The first-order valence-corrected chi connectivity index (χ1v) is 8.07. The maximum Gasteiger partial charge on any atom is 0.163 e. The Hall–Kier alpha value is -1.54. The number of pyridine rings is 1. The lowest BCUT2D eigenvalue weighted by Gasteiger charge is -2.13. The third-order valence-electron chi connectivity index (χ3n) is 3.11. The zero-order valence-corrected chi connectivity index (χ0v) is 11.5. The van der Waals surface area contributed by atoms with E-state index in [-0.39, 0.29) is 0 Å². The van der Waals surface area contributed by atoms with E-state index in [1.165, 1.54) is 0 Å². The molecule has 2 heterocycles. The Bertz CT molecular complexity index is 584. The lowest BCUT2D eigenvalue weighted by atomic mass is 10.3. The van der Waals surface area contributed by atoms with Crippen molar-refractivity contribution in [2.75, 3.05) is 18.1 Å². The number of furan rings is 1. The van der Waals surface area contributed by atoms with Gasteiger partial charge in [0.25, 0.3) is 0 Å². The van der Waals surface area contributed by atoms with E-state index in [0.717, 1.165) is 5.30 Å². The molecule has 2 rings (SSSR count). The van der Waals surface area contributed by atoms with Crippen molar-refractivity contribution < 1.29 is 8.98 Å². The second-order valence-electron chi connectivity index (χ2n) is 4.10. The highest BCUT2D eigenvalue weighted by molar-refractivity contribution is 7.71. The van der Waals surface area contributed by atoms with Gasteiger partial charge in [0, 0.05) is 12.3 Å². The van der Waals surface area contributed by atoms with Crippen molar-refractivity contribution in [3.05, 3.63) is 30.5 Å². The minimum atomic E-state index is -2.38. The lowest BCUT2D eigenvalue weighted by molar-refractivity contribution is 0.576. The third kappa shape index (κ3) is 2.21. The number of anilines is 1. The highest BCUT2D eigenvalue weighted by Gasteiger charge is 2.26. The zero-order valence-electron chi connectivity index (χ0n) is 10.6. The van der Waals surface area contributed by atoms with Crippen LogP contribution in [0.15, 0.2) is 34.9 Å².